The smallest absolute Gasteiger partial charge is 0.191 e. The molecule has 0 saturated heterocycles. The van der Waals surface area contributed by atoms with Gasteiger partial charge in [0.25, 0.3) is 0 Å². The number of rotatable bonds is 5. The molecule has 0 aliphatic heterocycles. The van der Waals surface area contributed by atoms with Crippen LogP contribution in [0.15, 0.2) is 23.4 Å². The number of halogens is 2. The Balaban J connectivity index is 2.14. The van der Waals surface area contributed by atoms with Crippen molar-refractivity contribution in [1.29, 1.82) is 0 Å². The first-order valence-corrected chi connectivity index (χ1v) is 7.60. The van der Waals surface area contributed by atoms with Gasteiger partial charge >= 0.3 is 0 Å². The molecule has 0 radical (unpaired) electrons. The fourth-order valence-corrected chi connectivity index (χ4v) is 3.07. The van der Waals surface area contributed by atoms with Crippen molar-refractivity contribution >= 4 is 23.4 Å². The van der Waals surface area contributed by atoms with Crippen molar-refractivity contribution in [3.05, 3.63) is 40.4 Å². The van der Waals surface area contributed by atoms with Gasteiger partial charge in [-0.3, -0.25) is 0 Å². The standard InChI is InChI=1S/C13H16ClFN4S/c1-8(2)19-12(6-16)17-18-13(19)20-7-9-3-4-11(15)10(14)5-9/h3-5,8H,6-7,16H2,1-2H3. The van der Waals surface area contributed by atoms with E-state index in [4.69, 9.17) is 17.3 Å². The molecule has 0 unspecified atom stereocenters. The van der Waals surface area contributed by atoms with Crippen LogP contribution in [0.3, 0.4) is 0 Å². The lowest BCUT2D eigenvalue weighted by atomic mass is 10.2. The van der Waals surface area contributed by atoms with Crippen LogP contribution in [0.5, 0.6) is 0 Å². The van der Waals surface area contributed by atoms with Crippen molar-refractivity contribution in [3.8, 4) is 0 Å². The molecule has 2 N–H and O–H groups in total. The van der Waals surface area contributed by atoms with E-state index < -0.39 is 5.82 Å². The van der Waals surface area contributed by atoms with E-state index in [0.717, 1.165) is 16.5 Å². The van der Waals surface area contributed by atoms with Crippen molar-refractivity contribution in [2.24, 2.45) is 5.73 Å². The largest absolute Gasteiger partial charge is 0.324 e. The first-order valence-electron chi connectivity index (χ1n) is 6.23. The molecule has 2 aromatic rings. The molecule has 0 aliphatic carbocycles. The van der Waals surface area contributed by atoms with Crippen LogP contribution in [0.2, 0.25) is 5.02 Å². The van der Waals surface area contributed by atoms with Gasteiger partial charge in [-0.15, -0.1) is 10.2 Å². The highest BCUT2D eigenvalue weighted by molar-refractivity contribution is 7.98. The average molecular weight is 315 g/mol. The molecule has 1 heterocycles. The summed E-state index contributed by atoms with van der Waals surface area (Å²) in [5, 5.41) is 9.17. The van der Waals surface area contributed by atoms with Gasteiger partial charge in [0.05, 0.1) is 11.6 Å². The van der Waals surface area contributed by atoms with Gasteiger partial charge in [0, 0.05) is 11.8 Å². The fraction of sp³-hybridized carbons (Fsp3) is 0.385. The number of nitrogens with zero attached hydrogens (tertiary/aromatic N) is 3. The van der Waals surface area contributed by atoms with Gasteiger partial charge in [-0.05, 0) is 31.5 Å². The number of hydrogen-bond acceptors (Lipinski definition) is 4. The summed E-state index contributed by atoms with van der Waals surface area (Å²) in [6.07, 6.45) is 0. The summed E-state index contributed by atoms with van der Waals surface area (Å²) in [6.45, 7) is 4.47. The Bertz CT molecular complexity index is 600. The molecule has 7 heteroatoms. The van der Waals surface area contributed by atoms with Crippen molar-refractivity contribution in [1.82, 2.24) is 14.8 Å². The lowest BCUT2D eigenvalue weighted by molar-refractivity contribution is 0.526. The predicted molar refractivity (Wildman–Crippen MR) is 79.3 cm³/mol. The van der Waals surface area contributed by atoms with Crippen LogP contribution >= 0.6 is 23.4 Å². The van der Waals surface area contributed by atoms with Crippen LogP contribution in [0.4, 0.5) is 4.39 Å². The van der Waals surface area contributed by atoms with E-state index in [2.05, 4.69) is 24.0 Å². The van der Waals surface area contributed by atoms with Crippen LogP contribution in [-0.4, -0.2) is 14.8 Å². The summed E-state index contributed by atoms with van der Waals surface area (Å²) in [4.78, 5) is 0. The highest BCUT2D eigenvalue weighted by atomic mass is 35.5. The summed E-state index contributed by atoms with van der Waals surface area (Å²) in [5.41, 5.74) is 6.59. The second kappa shape index (κ2) is 6.56. The zero-order chi connectivity index (χ0) is 14.7. The van der Waals surface area contributed by atoms with Gasteiger partial charge in [-0.2, -0.15) is 0 Å². The molecule has 0 saturated carbocycles. The van der Waals surface area contributed by atoms with Gasteiger partial charge in [0.15, 0.2) is 5.16 Å². The predicted octanol–water partition coefficient (Wildman–Crippen LogP) is 3.40. The van der Waals surface area contributed by atoms with E-state index in [0.29, 0.717) is 12.3 Å². The van der Waals surface area contributed by atoms with E-state index >= 15 is 0 Å². The third-order valence-electron chi connectivity index (χ3n) is 2.79. The van der Waals surface area contributed by atoms with Gasteiger partial charge in [-0.1, -0.05) is 29.4 Å². The van der Waals surface area contributed by atoms with Crippen molar-refractivity contribution in [2.75, 3.05) is 0 Å². The lowest BCUT2D eigenvalue weighted by Crippen LogP contribution is -2.11. The second-order valence-corrected chi connectivity index (χ2v) is 5.95. The number of nitrogens with two attached hydrogens (primary N) is 1. The first-order chi connectivity index (χ1) is 9.52. The van der Waals surface area contributed by atoms with Crippen LogP contribution in [0, 0.1) is 5.82 Å². The fourth-order valence-electron chi connectivity index (χ4n) is 1.84. The minimum atomic E-state index is -0.406. The van der Waals surface area contributed by atoms with Crippen molar-refractivity contribution < 1.29 is 4.39 Å². The monoisotopic (exact) mass is 314 g/mol. The van der Waals surface area contributed by atoms with E-state index in [9.17, 15) is 4.39 Å². The molecular formula is C13H16ClFN4S. The number of thioether (sulfide) groups is 1. The SMILES string of the molecule is CC(C)n1c(CN)nnc1SCc1ccc(F)c(Cl)c1. The molecule has 0 bridgehead atoms. The van der Waals surface area contributed by atoms with E-state index in [1.165, 1.54) is 17.8 Å². The van der Waals surface area contributed by atoms with Gasteiger partial charge in [0.2, 0.25) is 0 Å². The van der Waals surface area contributed by atoms with Crippen molar-refractivity contribution in [3.63, 3.8) is 0 Å². The van der Waals surface area contributed by atoms with Gasteiger partial charge in [-0.25, -0.2) is 4.39 Å². The molecule has 20 heavy (non-hydrogen) atoms. The quantitative estimate of drug-likeness (QED) is 0.859. The summed E-state index contributed by atoms with van der Waals surface area (Å²) in [6, 6.07) is 4.96. The maximum atomic E-state index is 13.1. The van der Waals surface area contributed by atoms with Crippen LogP contribution < -0.4 is 5.73 Å². The molecular weight excluding hydrogens is 299 g/mol. The Kier molecular flexibility index (Phi) is 5.01. The zero-order valence-corrected chi connectivity index (χ0v) is 12.9. The molecule has 0 spiro atoms. The lowest BCUT2D eigenvalue weighted by Gasteiger charge is -2.12. The number of aromatic nitrogens is 3. The Hall–Kier alpha value is -1.11. The molecule has 0 atom stereocenters. The third-order valence-corrected chi connectivity index (χ3v) is 4.09. The minimum absolute atomic E-state index is 0.135. The Morgan fingerprint density at radius 1 is 1.40 bits per heavy atom. The van der Waals surface area contributed by atoms with E-state index in [1.807, 2.05) is 4.57 Å². The first kappa shape index (κ1) is 15.3. The van der Waals surface area contributed by atoms with Crippen LogP contribution in [0.1, 0.15) is 31.3 Å². The molecule has 108 valence electrons. The number of hydrogen-bond donors (Lipinski definition) is 1. The maximum Gasteiger partial charge on any atom is 0.191 e. The number of benzene rings is 1. The van der Waals surface area contributed by atoms with Gasteiger partial charge < -0.3 is 10.3 Å². The Morgan fingerprint density at radius 2 is 2.15 bits per heavy atom. The summed E-state index contributed by atoms with van der Waals surface area (Å²) in [7, 11) is 0. The highest BCUT2D eigenvalue weighted by Gasteiger charge is 2.14. The third kappa shape index (κ3) is 3.31. The molecule has 1 aromatic heterocycles. The Labute approximate surface area is 126 Å². The molecule has 0 aliphatic rings. The summed E-state index contributed by atoms with van der Waals surface area (Å²) >= 11 is 7.30. The average Bonchev–Trinajstić information content (AvgIpc) is 2.83. The molecule has 0 amide bonds. The molecule has 2 rings (SSSR count). The summed E-state index contributed by atoms with van der Waals surface area (Å²) < 4.78 is 15.1. The molecule has 1 aromatic carbocycles. The maximum absolute atomic E-state index is 13.1. The summed E-state index contributed by atoms with van der Waals surface area (Å²) in [5.74, 6) is 1.01. The van der Waals surface area contributed by atoms with Gasteiger partial charge in [0.1, 0.15) is 11.6 Å². The van der Waals surface area contributed by atoms with Crippen LogP contribution in [0.25, 0.3) is 0 Å². The minimum Gasteiger partial charge on any atom is -0.324 e. The molecule has 0 fully saturated rings. The van der Waals surface area contributed by atoms with E-state index in [-0.39, 0.29) is 11.1 Å². The molecule has 4 nitrogen and oxygen atoms in total. The zero-order valence-electron chi connectivity index (χ0n) is 11.3. The topological polar surface area (TPSA) is 56.7 Å². The Morgan fingerprint density at radius 3 is 2.75 bits per heavy atom. The highest BCUT2D eigenvalue weighted by Crippen LogP contribution is 2.26. The second-order valence-electron chi connectivity index (χ2n) is 4.60. The van der Waals surface area contributed by atoms with E-state index in [1.54, 1.807) is 12.1 Å². The van der Waals surface area contributed by atoms with Crippen molar-refractivity contribution in [2.45, 2.75) is 37.3 Å². The normalized spacial score (nSPS) is 11.3. The van der Waals surface area contributed by atoms with Crippen LogP contribution in [-0.2, 0) is 12.3 Å².